The summed E-state index contributed by atoms with van der Waals surface area (Å²) in [5.74, 6) is -1.80. The maximum atomic E-state index is 13.5. The van der Waals surface area contributed by atoms with Crippen LogP contribution in [-0.2, 0) is 23.9 Å². The molecule has 7 nitrogen and oxygen atoms in total. The first kappa shape index (κ1) is 20.3. The average Bonchev–Trinajstić information content (AvgIpc) is 3.35. The summed E-state index contributed by atoms with van der Waals surface area (Å²) in [4.78, 5) is 40.5. The number of thioether (sulfide) groups is 1. The molecular weight excluding hydrogens is 441 g/mol. The Kier molecular flexibility index (Phi) is 3.90. The van der Waals surface area contributed by atoms with Crippen LogP contribution in [0.5, 0.6) is 0 Å². The summed E-state index contributed by atoms with van der Waals surface area (Å²) in [6.07, 6.45) is 0.402. The molecule has 5 aliphatic rings. The van der Waals surface area contributed by atoms with Gasteiger partial charge < -0.3 is 14.6 Å². The lowest BCUT2D eigenvalue weighted by molar-refractivity contribution is -0.176. The zero-order valence-corrected chi connectivity index (χ0v) is 18.5. The van der Waals surface area contributed by atoms with E-state index in [9.17, 15) is 19.5 Å². The van der Waals surface area contributed by atoms with Crippen LogP contribution in [0.25, 0.3) is 0 Å². The molecule has 1 saturated carbocycles. The number of Topliss-reactive ketones (excluding diaryl/α,β-unsaturated/α-hetero) is 2. The van der Waals surface area contributed by atoms with E-state index in [1.54, 1.807) is 0 Å². The van der Waals surface area contributed by atoms with E-state index >= 15 is 0 Å². The number of carbonyl (C=O) groups excluding carboxylic acids is 3. The van der Waals surface area contributed by atoms with Crippen molar-refractivity contribution >= 4 is 52.3 Å². The molecule has 7 atom stereocenters. The Morgan fingerprint density at radius 3 is 2.55 bits per heavy atom. The summed E-state index contributed by atoms with van der Waals surface area (Å²) in [5.41, 5.74) is -3.98. The molecule has 1 spiro atoms. The van der Waals surface area contributed by atoms with E-state index in [2.05, 4.69) is 4.90 Å². The number of likely N-dealkylation sites (tertiary alicyclic amines) is 1. The Hall–Kier alpha value is -0.640. The van der Waals surface area contributed by atoms with Crippen LogP contribution in [0.1, 0.15) is 19.8 Å². The molecule has 3 aliphatic heterocycles. The Morgan fingerprint density at radius 2 is 2.00 bits per heavy atom. The second-order valence-corrected chi connectivity index (χ2v) is 11.0. The third-order valence-corrected chi connectivity index (χ3v) is 11.2. The first-order valence-corrected chi connectivity index (χ1v) is 11.2. The van der Waals surface area contributed by atoms with Crippen LogP contribution in [0.15, 0.2) is 11.8 Å². The predicted molar refractivity (Wildman–Crippen MR) is 106 cm³/mol. The minimum absolute atomic E-state index is 0.0963. The number of carbonyl (C=O) groups is 3. The van der Waals surface area contributed by atoms with Crippen LogP contribution in [-0.4, -0.2) is 80.8 Å². The first-order chi connectivity index (χ1) is 13.6. The van der Waals surface area contributed by atoms with Crippen molar-refractivity contribution in [2.24, 2.45) is 10.8 Å². The molecule has 4 fully saturated rings. The van der Waals surface area contributed by atoms with Crippen molar-refractivity contribution in [2.45, 2.75) is 45.9 Å². The number of likely N-dealkylation sites (N-methyl/N-ethyl adjacent to an activating group) is 1. The summed E-state index contributed by atoms with van der Waals surface area (Å²) < 4.78 is 9.33. The molecule has 2 aliphatic carbocycles. The van der Waals surface area contributed by atoms with E-state index in [-0.39, 0.29) is 12.2 Å². The van der Waals surface area contributed by atoms with Crippen LogP contribution in [0.4, 0.5) is 0 Å². The highest BCUT2D eigenvalue weighted by Crippen LogP contribution is 2.87. The fourth-order valence-corrected chi connectivity index (χ4v) is 10.8. The van der Waals surface area contributed by atoms with Crippen molar-refractivity contribution in [2.75, 3.05) is 27.3 Å². The van der Waals surface area contributed by atoms with Gasteiger partial charge in [-0.05, 0) is 25.9 Å². The van der Waals surface area contributed by atoms with E-state index in [0.717, 1.165) is 11.8 Å². The van der Waals surface area contributed by atoms with Crippen molar-refractivity contribution in [3.8, 4) is 0 Å². The van der Waals surface area contributed by atoms with Gasteiger partial charge in [0.25, 0.3) is 0 Å². The minimum Gasteiger partial charge on any atom is -0.498 e. The van der Waals surface area contributed by atoms with E-state index in [4.69, 9.17) is 32.7 Å². The normalized spacial score (nSPS) is 53.2. The molecule has 0 aromatic rings. The van der Waals surface area contributed by atoms with E-state index in [1.807, 2.05) is 6.92 Å². The zero-order chi connectivity index (χ0) is 21.2. The topological polar surface area (TPSA) is 93.1 Å². The van der Waals surface area contributed by atoms with Crippen LogP contribution in [0, 0.1) is 10.8 Å². The Bertz CT molecular complexity index is 913. The molecule has 0 aromatic carbocycles. The number of ether oxygens (including phenoxy) is 2. The highest BCUT2D eigenvalue weighted by atomic mass is 35.5. The number of hydrogen-bond donors (Lipinski definition) is 1. The number of aliphatic hydroxyl groups is 1. The second kappa shape index (κ2) is 5.58. The lowest BCUT2D eigenvalue weighted by Crippen LogP contribution is -2.75. The molecule has 3 saturated heterocycles. The van der Waals surface area contributed by atoms with Gasteiger partial charge in [-0.1, -0.05) is 30.3 Å². The van der Waals surface area contributed by atoms with E-state index in [1.165, 1.54) is 20.3 Å². The van der Waals surface area contributed by atoms with Crippen LogP contribution in [0.2, 0.25) is 0 Å². The standard InChI is InChI=1S/C19H21Cl2NO6S/c1-4-22-6-5-15-16(22,19(28-3)14(26)13(25)18(15,21)29-19)8-10(20)17(15)11(23)7-9(27-2)12(17)24/h7,10,12,24H,4-6,8H2,1-3H3/t10-,12+,15+,16-,17+,18?,19?/m0/s1. The zero-order valence-electron chi connectivity index (χ0n) is 16.2. The number of ketones is 3. The molecule has 10 heteroatoms. The Morgan fingerprint density at radius 1 is 1.31 bits per heavy atom. The average molecular weight is 462 g/mol. The molecule has 3 heterocycles. The Balaban J connectivity index is 1.90. The van der Waals surface area contributed by atoms with Crippen LogP contribution in [0.3, 0.4) is 0 Å². The van der Waals surface area contributed by atoms with Gasteiger partial charge in [-0.15, -0.1) is 11.6 Å². The summed E-state index contributed by atoms with van der Waals surface area (Å²) in [5, 5.41) is 10.5. The fourth-order valence-electron chi connectivity index (χ4n) is 7.32. The number of fused-ring (bicyclic) bond motifs is 2. The number of methoxy groups -OCH3 is 2. The maximum absolute atomic E-state index is 13.5. The molecule has 2 bridgehead atoms. The van der Waals surface area contributed by atoms with Crippen molar-refractivity contribution in [3.63, 3.8) is 0 Å². The van der Waals surface area contributed by atoms with Crippen molar-refractivity contribution in [3.05, 3.63) is 11.8 Å². The third-order valence-electron chi connectivity index (χ3n) is 8.14. The SMILES string of the molecule is CCN1CC[C@@]23C4(Cl)SC(OC)(C(=O)C4=O)[C@@]12C[C@H](Cl)[C@]31C(=O)C=C(OC)[C@H]1O. The highest BCUT2D eigenvalue weighted by molar-refractivity contribution is 8.06. The van der Waals surface area contributed by atoms with Crippen molar-refractivity contribution < 1.29 is 29.0 Å². The fraction of sp³-hybridized carbons (Fsp3) is 0.737. The number of alkyl halides is 2. The summed E-state index contributed by atoms with van der Waals surface area (Å²) in [7, 11) is 2.76. The minimum atomic E-state index is -1.76. The lowest BCUT2D eigenvalue weighted by Gasteiger charge is -2.55. The quantitative estimate of drug-likeness (QED) is 0.492. The molecule has 1 N–H and O–H groups in total. The molecule has 2 unspecified atom stereocenters. The van der Waals surface area contributed by atoms with Gasteiger partial charge in [0.1, 0.15) is 11.9 Å². The number of nitrogens with zero attached hydrogens (tertiary/aromatic N) is 1. The van der Waals surface area contributed by atoms with Gasteiger partial charge in [-0.3, -0.25) is 19.3 Å². The third kappa shape index (κ3) is 1.53. The molecule has 0 radical (unpaired) electrons. The summed E-state index contributed by atoms with van der Waals surface area (Å²) >= 11 is 14.9. The smallest absolute Gasteiger partial charge is 0.245 e. The maximum Gasteiger partial charge on any atom is 0.245 e. The molecule has 0 aromatic heterocycles. The number of allylic oxidation sites excluding steroid dienone is 1. The predicted octanol–water partition coefficient (Wildman–Crippen LogP) is 1.08. The van der Waals surface area contributed by atoms with E-state index in [0.29, 0.717) is 19.5 Å². The second-order valence-electron chi connectivity index (χ2n) is 8.33. The van der Waals surface area contributed by atoms with Crippen LogP contribution >= 0.6 is 35.0 Å². The van der Waals surface area contributed by atoms with E-state index < -0.39 is 54.3 Å². The van der Waals surface area contributed by atoms with Crippen molar-refractivity contribution in [1.29, 1.82) is 0 Å². The van der Waals surface area contributed by atoms with Crippen molar-refractivity contribution in [1.82, 2.24) is 4.90 Å². The largest absolute Gasteiger partial charge is 0.498 e. The molecule has 0 amide bonds. The lowest BCUT2D eigenvalue weighted by atomic mass is 9.50. The van der Waals surface area contributed by atoms with Gasteiger partial charge in [0.05, 0.1) is 23.4 Å². The van der Waals surface area contributed by atoms with Crippen LogP contribution < -0.4 is 0 Å². The summed E-state index contributed by atoms with van der Waals surface area (Å²) in [6.45, 7) is 3.00. The number of rotatable bonds is 3. The number of halogens is 2. The highest BCUT2D eigenvalue weighted by Gasteiger charge is 2.99. The van der Waals surface area contributed by atoms with Gasteiger partial charge in [-0.25, -0.2) is 0 Å². The first-order valence-electron chi connectivity index (χ1n) is 9.53. The van der Waals surface area contributed by atoms with Gasteiger partial charge in [0.15, 0.2) is 9.99 Å². The van der Waals surface area contributed by atoms with Gasteiger partial charge in [0.2, 0.25) is 16.5 Å². The van der Waals surface area contributed by atoms with Gasteiger partial charge >= 0.3 is 0 Å². The van der Waals surface area contributed by atoms with Gasteiger partial charge in [-0.2, -0.15) is 0 Å². The molecule has 5 rings (SSSR count). The Labute approximate surface area is 182 Å². The monoisotopic (exact) mass is 461 g/mol. The number of hydrogen-bond acceptors (Lipinski definition) is 8. The number of aliphatic hydroxyl groups excluding tert-OH is 1. The molecule has 29 heavy (non-hydrogen) atoms. The molecular formula is C19H21Cl2NO6S. The molecule has 158 valence electrons. The summed E-state index contributed by atoms with van der Waals surface area (Å²) in [6, 6.07) is 0. The van der Waals surface area contributed by atoms with Gasteiger partial charge in [0, 0.05) is 18.6 Å².